The van der Waals surface area contributed by atoms with E-state index < -0.39 is 0 Å². The Balaban J connectivity index is 1.61. The highest BCUT2D eigenvalue weighted by Gasteiger charge is 2.26. The van der Waals surface area contributed by atoms with Gasteiger partial charge in [0.2, 0.25) is 0 Å². The van der Waals surface area contributed by atoms with E-state index in [1.807, 2.05) is 66.7 Å². The smallest absolute Gasteiger partial charge is 0.295 e. The Morgan fingerprint density at radius 3 is 2.02 bits per heavy atom. The molecule has 0 unspecified atom stereocenters. The lowest BCUT2D eigenvalue weighted by molar-refractivity contribution is -0.384. The van der Waals surface area contributed by atoms with Crippen molar-refractivity contribution in [1.82, 2.24) is 14.5 Å². The molecule has 3 aromatic heterocycles. The quantitative estimate of drug-likeness (QED) is 0.155. The lowest BCUT2D eigenvalue weighted by Gasteiger charge is -2.15. The third-order valence-electron chi connectivity index (χ3n) is 7.47. The van der Waals surface area contributed by atoms with E-state index >= 15 is 0 Å². The summed E-state index contributed by atoms with van der Waals surface area (Å²) in [5, 5.41) is 13.1. The van der Waals surface area contributed by atoms with E-state index in [0.29, 0.717) is 5.56 Å². The molecule has 0 saturated heterocycles. The standard InChI is InChI=1S/C36H24N4O2/c41-40(42)33-24-37-23-21-29(33)30-14-9-15-31-34(26-10-3-1-4-11-26)35(27-12-5-2-6-13-27)39(36(30)31)28-19-17-25(18-20-28)32-16-7-8-22-38-32/h1-24H. The number of para-hydroxylation sites is 1. The molecule has 6 nitrogen and oxygen atoms in total. The number of nitrogens with zero attached hydrogens (tertiary/aromatic N) is 4. The molecule has 0 aliphatic carbocycles. The van der Waals surface area contributed by atoms with E-state index in [2.05, 4.69) is 69.1 Å². The summed E-state index contributed by atoms with van der Waals surface area (Å²) in [6.45, 7) is 0. The van der Waals surface area contributed by atoms with Gasteiger partial charge < -0.3 is 4.57 Å². The Morgan fingerprint density at radius 1 is 0.619 bits per heavy atom. The minimum absolute atomic E-state index is 0.0363. The first-order valence-corrected chi connectivity index (χ1v) is 13.6. The van der Waals surface area contributed by atoms with Gasteiger partial charge in [-0.05, 0) is 41.5 Å². The molecular weight excluding hydrogens is 520 g/mol. The average molecular weight is 545 g/mol. The Morgan fingerprint density at radius 2 is 1.33 bits per heavy atom. The molecule has 0 saturated carbocycles. The normalized spacial score (nSPS) is 11.0. The number of rotatable bonds is 6. The van der Waals surface area contributed by atoms with Crippen molar-refractivity contribution in [3.8, 4) is 50.5 Å². The second-order valence-electron chi connectivity index (χ2n) is 9.90. The van der Waals surface area contributed by atoms with Crippen LogP contribution >= 0.6 is 0 Å². The van der Waals surface area contributed by atoms with Crippen LogP contribution in [0.15, 0.2) is 146 Å². The largest absolute Gasteiger partial charge is 0.308 e. The maximum absolute atomic E-state index is 12.1. The predicted molar refractivity (Wildman–Crippen MR) is 167 cm³/mol. The van der Waals surface area contributed by atoms with Gasteiger partial charge in [-0.15, -0.1) is 0 Å². The second kappa shape index (κ2) is 10.6. The zero-order valence-corrected chi connectivity index (χ0v) is 22.5. The van der Waals surface area contributed by atoms with Gasteiger partial charge in [0.05, 0.1) is 27.4 Å². The first kappa shape index (κ1) is 25.1. The van der Waals surface area contributed by atoms with Crippen molar-refractivity contribution in [2.24, 2.45) is 0 Å². The van der Waals surface area contributed by atoms with Crippen LogP contribution in [-0.4, -0.2) is 19.5 Å². The third kappa shape index (κ3) is 4.32. The van der Waals surface area contributed by atoms with Gasteiger partial charge in [-0.3, -0.25) is 20.1 Å². The molecule has 0 radical (unpaired) electrons. The maximum atomic E-state index is 12.1. The van der Waals surface area contributed by atoms with Gasteiger partial charge in [-0.25, -0.2) is 0 Å². The predicted octanol–water partition coefficient (Wildman–Crippen LogP) is 9.00. The van der Waals surface area contributed by atoms with Crippen LogP contribution in [0.2, 0.25) is 0 Å². The molecule has 0 spiro atoms. The van der Waals surface area contributed by atoms with Gasteiger partial charge >= 0.3 is 0 Å². The van der Waals surface area contributed by atoms with E-state index in [4.69, 9.17) is 0 Å². The Bertz CT molecular complexity index is 2040. The van der Waals surface area contributed by atoms with Crippen molar-refractivity contribution in [3.63, 3.8) is 0 Å². The molecule has 0 bridgehead atoms. The first-order valence-electron chi connectivity index (χ1n) is 13.6. The zero-order valence-electron chi connectivity index (χ0n) is 22.5. The van der Waals surface area contributed by atoms with Crippen molar-refractivity contribution in [3.05, 3.63) is 156 Å². The summed E-state index contributed by atoms with van der Waals surface area (Å²) in [5.41, 5.74) is 9.12. The molecule has 0 atom stereocenters. The van der Waals surface area contributed by atoms with Crippen LogP contribution in [0.3, 0.4) is 0 Å². The van der Waals surface area contributed by atoms with Gasteiger partial charge in [0.25, 0.3) is 5.69 Å². The lowest BCUT2D eigenvalue weighted by Crippen LogP contribution is -2.00. The number of hydrogen-bond donors (Lipinski definition) is 0. The fourth-order valence-corrected chi connectivity index (χ4v) is 5.65. The van der Waals surface area contributed by atoms with Crippen LogP contribution in [0.4, 0.5) is 5.69 Å². The fraction of sp³-hybridized carbons (Fsp3) is 0. The molecule has 4 aromatic carbocycles. The molecule has 3 heterocycles. The first-order chi connectivity index (χ1) is 20.7. The van der Waals surface area contributed by atoms with Crippen LogP contribution in [0.25, 0.3) is 61.4 Å². The molecule has 0 N–H and O–H groups in total. The number of fused-ring (bicyclic) bond motifs is 1. The molecule has 6 heteroatoms. The van der Waals surface area contributed by atoms with Crippen LogP contribution in [0, 0.1) is 10.1 Å². The molecule has 0 aliphatic rings. The highest BCUT2D eigenvalue weighted by atomic mass is 16.6. The van der Waals surface area contributed by atoms with Gasteiger partial charge in [-0.1, -0.05) is 97.1 Å². The highest BCUT2D eigenvalue weighted by Crippen LogP contribution is 2.46. The molecule has 0 aliphatic heterocycles. The fourth-order valence-electron chi connectivity index (χ4n) is 5.65. The summed E-state index contributed by atoms with van der Waals surface area (Å²) < 4.78 is 2.23. The van der Waals surface area contributed by atoms with E-state index in [1.54, 1.807) is 18.5 Å². The molecule has 7 aromatic rings. The summed E-state index contributed by atoms with van der Waals surface area (Å²) in [4.78, 5) is 20.3. The monoisotopic (exact) mass is 544 g/mol. The van der Waals surface area contributed by atoms with Gasteiger partial charge in [0.15, 0.2) is 0 Å². The summed E-state index contributed by atoms with van der Waals surface area (Å²) in [6, 6.07) is 42.5. The van der Waals surface area contributed by atoms with Crippen LogP contribution < -0.4 is 0 Å². The van der Waals surface area contributed by atoms with Gasteiger partial charge in [-0.2, -0.15) is 0 Å². The topological polar surface area (TPSA) is 73.8 Å². The van der Waals surface area contributed by atoms with Crippen LogP contribution in [0.1, 0.15) is 0 Å². The van der Waals surface area contributed by atoms with E-state index in [0.717, 1.165) is 55.8 Å². The maximum Gasteiger partial charge on any atom is 0.295 e. The van der Waals surface area contributed by atoms with Gasteiger partial charge in [0.1, 0.15) is 6.20 Å². The van der Waals surface area contributed by atoms with E-state index in [1.165, 1.54) is 6.20 Å². The minimum Gasteiger partial charge on any atom is -0.308 e. The van der Waals surface area contributed by atoms with Crippen molar-refractivity contribution in [2.45, 2.75) is 0 Å². The van der Waals surface area contributed by atoms with Crippen molar-refractivity contribution in [1.29, 1.82) is 0 Å². The molecule has 42 heavy (non-hydrogen) atoms. The number of aromatic nitrogens is 3. The van der Waals surface area contributed by atoms with Crippen molar-refractivity contribution >= 4 is 16.6 Å². The second-order valence-corrected chi connectivity index (χ2v) is 9.90. The molecule has 200 valence electrons. The molecular formula is C36H24N4O2. The SMILES string of the molecule is O=[N+]([O-])c1cnccc1-c1cccc2c(-c3ccccc3)c(-c3ccccc3)n(-c3ccc(-c4ccccn4)cc3)c12. The summed E-state index contributed by atoms with van der Waals surface area (Å²) in [5.74, 6) is 0. The average Bonchev–Trinajstić information content (AvgIpc) is 3.41. The lowest BCUT2D eigenvalue weighted by atomic mass is 9.96. The molecule has 0 fully saturated rings. The number of benzene rings is 4. The minimum atomic E-state index is -0.369. The summed E-state index contributed by atoms with van der Waals surface area (Å²) in [6.07, 6.45) is 4.71. The van der Waals surface area contributed by atoms with Gasteiger partial charge in [0, 0.05) is 40.2 Å². The van der Waals surface area contributed by atoms with Crippen LogP contribution in [0.5, 0.6) is 0 Å². The van der Waals surface area contributed by atoms with E-state index in [-0.39, 0.29) is 10.6 Å². The number of pyridine rings is 2. The Hall–Kier alpha value is -5.88. The zero-order chi connectivity index (χ0) is 28.5. The Kier molecular flexibility index (Phi) is 6.33. The van der Waals surface area contributed by atoms with E-state index in [9.17, 15) is 10.1 Å². The van der Waals surface area contributed by atoms with Crippen molar-refractivity contribution in [2.75, 3.05) is 0 Å². The van der Waals surface area contributed by atoms with Crippen molar-refractivity contribution < 1.29 is 4.92 Å². The Labute approximate surface area is 242 Å². The third-order valence-corrected chi connectivity index (χ3v) is 7.47. The summed E-state index contributed by atoms with van der Waals surface area (Å²) in [7, 11) is 0. The molecule has 7 rings (SSSR count). The molecule has 0 amide bonds. The number of nitro groups is 1. The van der Waals surface area contributed by atoms with Crippen LogP contribution in [-0.2, 0) is 0 Å². The highest BCUT2D eigenvalue weighted by molar-refractivity contribution is 6.11. The summed E-state index contributed by atoms with van der Waals surface area (Å²) >= 11 is 0. The number of hydrogen-bond acceptors (Lipinski definition) is 4.